The molecule has 0 aromatic rings. The Balaban J connectivity index is 3.05. The van der Waals surface area contributed by atoms with Crippen molar-refractivity contribution in [3.05, 3.63) is 0 Å². The molecule has 0 aliphatic heterocycles. The third kappa shape index (κ3) is 9.72. The molecule has 0 bridgehead atoms. The highest BCUT2D eigenvalue weighted by atomic mass is 16.7. The van der Waals surface area contributed by atoms with E-state index in [1.165, 1.54) is 0 Å². The maximum Gasteiger partial charge on any atom is 0.157 e. The number of methoxy groups -OCH3 is 1. The zero-order valence-corrected chi connectivity index (χ0v) is 8.32. The fraction of sp³-hybridized carbons (Fsp3) is 1.00. The lowest BCUT2D eigenvalue weighted by Crippen LogP contribution is -2.19. The highest BCUT2D eigenvalue weighted by Crippen LogP contribution is 1.93. The van der Waals surface area contributed by atoms with Crippen LogP contribution in [0, 0.1) is 0 Å². The van der Waals surface area contributed by atoms with Crippen LogP contribution in [-0.2, 0) is 18.9 Å². The number of ether oxygens (including phenoxy) is 4. The van der Waals surface area contributed by atoms with E-state index in [0.717, 1.165) is 0 Å². The second-order valence-electron chi connectivity index (χ2n) is 2.41. The molecule has 0 saturated heterocycles. The fourth-order valence-corrected chi connectivity index (χ4v) is 0.632. The van der Waals surface area contributed by atoms with Crippen LogP contribution < -0.4 is 5.73 Å². The van der Waals surface area contributed by atoms with Crippen molar-refractivity contribution in [1.29, 1.82) is 0 Å². The van der Waals surface area contributed by atoms with E-state index in [1.807, 2.05) is 6.92 Å². The van der Waals surface area contributed by atoms with E-state index in [0.29, 0.717) is 26.4 Å². The molecule has 0 spiro atoms. The first-order valence-corrected chi connectivity index (χ1v) is 4.31. The SMILES string of the molecule is COCCOC(C)OCOCCN. The molecular formula is C8H19NO4. The molecule has 0 aromatic carbocycles. The summed E-state index contributed by atoms with van der Waals surface area (Å²) < 4.78 is 20.1. The molecule has 0 aromatic heterocycles. The first-order valence-electron chi connectivity index (χ1n) is 4.31. The Hall–Kier alpha value is -0.200. The van der Waals surface area contributed by atoms with Crippen molar-refractivity contribution in [2.24, 2.45) is 5.73 Å². The van der Waals surface area contributed by atoms with Gasteiger partial charge in [-0.25, -0.2) is 0 Å². The van der Waals surface area contributed by atoms with Crippen LogP contribution in [0.3, 0.4) is 0 Å². The van der Waals surface area contributed by atoms with Gasteiger partial charge in [0.2, 0.25) is 0 Å². The van der Waals surface area contributed by atoms with E-state index in [2.05, 4.69) is 0 Å². The fourth-order valence-electron chi connectivity index (χ4n) is 0.632. The highest BCUT2D eigenvalue weighted by Gasteiger charge is 2.00. The van der Waals surface area contributed by atoms with E-state index in [4.69, 9.17) is 24.7 Å². The van der Waals surface area contributed by atoms with Crippen molar-refractivity contribution in [2.75, 3.05) is 40.3 Å². The predicted molar refractivity (Wildman–Crippen MR) is 48.2 cm³/mol. The topological polar surface area (TPSA) is 62.9 Å². The molecule has 80 valence electrons. The van der Waals surface area contributed by atoms with Crippen LogP contribution in [0.2, 0.25) is 0 Å². The summed E-state index contributed by atoms with van der Waals surface area (Å²) in [6.45, 7) is 4.12. The minimum atomic E-state index is -0.270. The molecular weight excluding hydrogens is 174 g/mol. The first-order chi connectivity index (χ1) is 6.31. The summed E-state index contributed by atoms with van der Waals surface area (Å²) >= 11 is 0. The monoisotopic (exact) mass is 193 g/mol. The number of hydrogen-bond acceptors (Lipinski definition) is 5. The Morgan fingerprint density at radius 3 is 2.54 bits per heavy atom. The number of nitrogens with two attached hydrogens (primary N) is 1. The van der Waals surface area contributed by atoms with Crippen LogP contribution in [0.5, 0.6) is 0 Å². The molecule has 5 nitrogen and oxygen atoms in total. The van der Waals surface area contributed by atoms with E-state index in [9.17, 15) is 0 Å². The van der Waals surface area contributed by atoms with Gasteiger partial charge in [-0.2, -0.15) is 0 Å². The molecule has 0 radical (unpaired) electrons. The zero-order chi connectivity index (χ0) is 9.94. The second kappa shape index (κ2) is 9.88. The normalized spacial score (nSPS) is 13.2. The molecule has 0 aliphatic carbocycles. The molecule has 0 rings (SSSR count). The van der Waals surface area contributed by atoms with Crippen molar-refractivity contribution >= 4 is 0 Å². The maximum absolute atomic E-state index is 5.22. The Morgan fingerprint density at radius 2 is 1.92 bits per heavy atom. The van der Waals surface area contributed by atoms with Gasteiger partial charge in [0.1, 0.15) is 6.79 Å². The predicted octanol–water partition coefficient (Wildman–Crippen LogP) is -0.0552. The van der Waals surface area contributed by atoms with Gasteiger partial charge in [-0.05, 0) is 6.92 Å². The van der Waals surface area contributed by atoms with Crippen LogP contribution in [0.4, 0.5) is 0 Å². The van der Waals surface area contributed by atoms with Crippen LogP contribution in [-0.4, -0.2) is 46.6 Å². The van der Waals surface area contributed by atoms with Gasteiger partial charge in [0, 0.05) is 13.7 Å². The molecule has 1 atom stereocenters. The Kier molecular flexibility index (Phi) is 9.73. The molecule has 0 heterocycles. The summed E-state index contributed by atoms with van der Waals surface area (Å²) in [5.41, 5.74) is 5.22. The quantitative estimate of drug-likeness (QED) is 0.411. The van der Waals surface area contributed by atoms with E-state index < -0.39 is 0 Å². The summed E-state index contributed by atoms with van der Waals surface area (Å²) in [6, 6.07) is 0. The molecule has 5 heteroatoms. The number of hydrogen-bond donors (Lipinski definition) is 1. The summed E-state index contributed by atoms with van der Waals surface area (Å²) in [7, 11) is 1.62. The lowest BCUT2D eigenvalue weighted by Gasteiger charge is -2.13. The van der Waals surface area contributed by atoms with Gasteiger partial charge >= 0.3 is 0 Å². The first kappa shape index (κ1) is 12.8. The minimum absolute atomic E-state index is 0.214. The van der Waals surface area contributed by atoms with Crippen LogP contribution in [0.15, 0.2) is 0 Å². The summed E-state index contributed by atoms with van der Waals surface area (Å²) in [5, 5.41) is 0. The minimum Gasteiger partial charge on any atom is -0.382 e. The average Bonchev–Trinajstić information content (AvgIpc) is 2.13. The highest BCUT2D eigenvalue weighted by molar-refractivity contribution is 4.32. The Morgan fingerprint density at radius 1 is 1.15 bits per heavy atom. The van der Waals surface area contributed by atoms with E-state index in [-0.39, 0.29) is 13.1 Å². The molecule has 2 N–H and O–H groups in total. The smallest absolute Gasteiger partial charge is 0.157 e. The zero-order valence-electron chi connectivity index (χ0n) is 8.32. The van der Waals surface area contributed by atoms with Crippen molar-refractivity contribution in [1.82, 2.24) is 0 Å². The molecule has 0 amide bonds. The van der Waals surface area contributed by atoms with Crippen LogP contribution >= 0.6 is 0 Å². The van der Waals surface area contributed by atoms with Gasteiger partial charge in [0.15, 0.2) is 6.29 Å². The largest absolute Gasteiger partial charge is 0.382 e. The third-order valence-corrected chi connectivity index (χ3v) is 1.29. The molecule has 0 aliphatic rings. The van der Waals surface area contributed by atoms with Crippen molar-refractivity contribution in [2.45, 2.75) is 13.2 Å². The van der Waals surface area contributed by atoms with Gasteiger partial charge in [0.05, 0.1) is 19.8 Å². The van der Waals surface area contributed by atoms with Crippen LogP contribution in [0.25, 0.3) is 0 Å². The summed E-state index contributed by atoms with van der Waals surface area (Å²) in [4.78, 5) is 0. The van der Waals surface area contributed by atoms with Gasteiger partial charge in [0.25, 0.3) is 0 Å². The van der Waals surface area contributed by atoms with Gasteiger partial charge in [-0.3, -0.25) is 0 Å². The standard InChI is InChI=1S/C8H19NO4/c1-8(12-6-5-10-2)13-7-11-4-3-9/h8H,3-7,9H2,1-2H3. The molecule has 0 saturated carbocycles. The van der Waals surface area contributed by atoms with Gasteiger partial charge < -0.3 is 24.7 Å². The molecule has 13 heavy (non-hydrogen) atoms. The summed E-state index contributed by atoms with van der Waals surface area (Å²) in [5.74, 6) is 0. The van der Waals surface area contributed by atoms with Crippen molar-refractivity contribution in [3.8, 4) is 0 Å². The lowest BCUT2D eigenvalue weighted by atomic mass is 10.7. The number of rotatable bonds is 9. The van der Waals surface area contributed by atoms with Gasteiger partial charge in [-0.15, -0.1) is 0 Å². The van der Waals surface area contributed by atoms with Crippen molar-refractivity contribution < 1.29 is 18.9 Å². The van der Waals surface area contributed by atoms with E-state index >= 15 is 0 Å². The lowest BCUT2D eigenvalue weighted by molar-refractivity contribution is -0.188. The maximum atomic E-state index is 5.22. The second-order valence-corrected chi connectivity index (χ2v) is 2.41. The molecule has 0 fully saturated rings. The summed E-state index contributed by atoms with van der Waals surface area (Å²) in [6.07, 6.45) is -0.270. The average molecular weight is 193 g/mol. The third-order valence-electron chi connectivity index (χ3n) is 1.29. The van der Waals surface area contributed by atoms with Crippen LogP contribution in [0.1, 0.15) is 6.92 Å². The van der Waals surface area contributed by atoms with E-state index in [1.54, 1.807) is 7.11 Å². The Labute approximate surface area is 79.1 Å². The Bertz CT molecular complexity index is 102. The van der Waals surface area contributed by atoms with Crippen molar-refractivity contribution in [3.63, 3.8) is 0 Å². The molecule has 1 unspecified atom stereocenters. The van der Waals surface area contributed by atoms with Gasteiger partial charge in [-0.1, -0.05) is 0 Å².